The standard InChI is InChI=1S/C27H25ClFN7O2/c28-23-14-21(5-7-25(23)38-16-19-2-1-3-20(29)12-19)34-26-22-13-18(4-6-24(22)31-17-32-26)15-33-35-27(30)36-8-10-37-11-9-36/h1-7,12-15,17H,8-11,16H2,(H2,30,35)(H,31,32,34)/b33-15+. The quantitative estimate of drug-likeness (QED) is 0.175. The van der Waals surface area contributed by atoms with Gasteiger partial charge in [-0.1, -0.05) is 29.8 Å². The van der Waals surface area contributed by atoms with Gasteiger partial charge in [0.15, 0.2) is 0 Å². The van der Waals surface area contributed by atoms with Crippen molar-refractivity contribution in [2.24, 2.45) is 5.10 Å². The maximum Gasteiger partial charge on any atom is 0.212 e. The van der Waals surface area contributed by atoms with Crippen LogP contribution in [0.2, 0.25) is 5.02 Å². The van der Waals surface area contributed by atoms with Gasteiger partial charge in [-0.2, -0.15) is 5.10 Å². The van der Waals surface area contributed by atoms with E-state index in [0.717, 1.165) is 16.5 Å². The van der Waals surface area contributed by atoms with Crippen LogP contribution in [0.4, 0.5) is 15.9 Å². The molecule has 1 fully saturated rings. The first-order chi connectivity index (χ1) is 18.5. The fraction of sp³-hybridized carbons (Fsp3) is 0.185. The van der Waals surface area contributed by atoms with Gasteiger partial charge in [0.05, 0.1) is 30.0 Å². The average Bonchev–Trinajstić information content (AvgIpc) is 2.93. The minimum absolute atomic E-state index is 0.200. The first kappa shape index (κ1) is 25.4. The van der Waals surface area contributed by atoms with Crippen LogP contribution in [0.15, 0.2) is 72.1 Å². The zero-order chi connectivity index (χ0) is 26.3. The lowest BCUT2D eigenvalue weighted by molar-refractivity contribution is 0.0662. The van der Waals surface area contributed by atoms with Crippen molar-refractivity contribution in [2.75, 3.05) is 31.6 Å². The number of anilines is 2. The largest absolute Gasteiger partial charge is 0.487 e. The third-order valence-corrected chi connectivity index (χ3v) is 6.14. The van der Waals surface area contributed by atoms with Crippen LogP contribution in [-0.2, 0) is 11.3 Å². The van der Waals surface area contributed by atoms with Gasteiger partial charge in [-0.25, -0.2) is 19.8 Å². The van der Waals surface area contributed by atoms with Gasteiger partial charge >= 0.3 is 0 Å². The number of ether oxygens (including phenoxy) is 2. The van der Waals surface area contributed by atoms with Gasteiger partial charge in [0, 0.05) is 24.2 Å². The van der Waals surface area contributed by atoms with E-state index >= 15 is 0 Å². The van der Waals surface area contributed by atoms with Gasteiger partial charge in [0.2, 0.25) is 5.96 Å². The molecule has 5 rings (SSSR count). The van der Waals surface area contributed by atoms with Crippen molar-refractivity contribution in [3.05, 3.63) is 89.0 Å². The molecule has 0 spiro atoms. The Bertz CT molecular complexity index is 1480. The Hall–Kier alpha value is -4.28. The highest BCUT2D eigenvalue weighted by Crippen LogP contribution is 2.31. The third kappa shape index (κ3) is 6.34. The van der Waals surface area contributed by atoms with Crippen LogP contribution >= 0.6 is 11.6 Å². The minimum atomic E-state index is -0.313. The molecule has 0 unspecified atom stereocenters. The summed E-state index contributed by atoms with van der Waals surface area (Å²) in [5, 5.41) is 16.8. The van der Waals surface area contributed by atoms with Crippen LogP contribution in [0.1, 0.15) is 11.1 Å². The number of hydrazone groups is 1. The summed E-state index contributed by atoms with van der Waals surface area (Å²) in [6.07, 6.45) is 3.13. The highest BCUT2D eigenvalue weighted by atomic mass is 35.5. The number of rotatable bonds is 7. The van der Waals surface area contributed by atoms with Crippen molar-refractivity contribution in [1.82, 2.24) is 20.3 Å². The molecule has 2 heterocycles. The van der Waals surface area contributed by atoms with Crippen molar-refractivity contribution < 1.29 is 13.9 Å². The molecule has 0 aliphatic carbocycles. The number of guanidine groups is 1. The number of halogens is 2. The zero-order valence-electron chi connectivity index (χ0n) is 20.3. The van der Waals surface area contributed by atoms with Crippen molar-refractivity contribution in [3.63, 3.8) is 0 Å². The SMILES string of the molecule is N=C(N/N=C/c1ccc2ncnc(Nc3ccc(OCc4cccc(F)c4)c(Cl)c3)c2c1)N1CCOCC1. The Labute approximate surface area is 223 Å². The second kappa shape index (κ2) is 11.8. The maximum atomic E-state index is 13.4. The summed E-state index contributed by atoms with van der Waals surface area (Å²) >= 11 is 6.45. The third-order valence-electron chi connectivity index (χ3n) is 5.85. The Kier molecular flexibility index (Phi) is 7.91. The number of benzene rings is 3. The maximum absolute atomic E-state index is 13.4. The fourth-order valence-corrected chi connectivity index (χ4v) is 4.14. The number of fused-ring (bicyclic) bond motifs is 1. The number of aromatic nitrogens is 2. The Morgan fingerprint density at radius 1 is 1.13 bits per heavy atom. The van der Waals surface area contributed by atoms with Gasteiger partial charge in [-0.15, -0.1) is 0 Å². The summed E-state index contributed by atoms with van der Waals surface area (Å²) in [7, 11) is 0. The molecule has 3 N–H and O–H groups in total. The van der Waals surface area contributed by atoms with Gasteiger partial charge in [0.1, 0.15) is 30.3 Å². The van der Waals surface area contributed by atoms with E-state index in [2.05, 4.69) is 25.8 Å². The summed E-state index contributed by atoms with van der Waals surface area (Å²) in [5.41, 5.74) is 5.77. The molecule has 194 valence electrons. The predicted octanol–water partition coefficient (Wildman–Crippen LogP) is 4.94. The molecule has 0 bridgehead atoms. The van der Waals surface area contributed by atoms with E-state index in [0.29, 0.717) is 54.1 Å². The Balaban J connectivity index is 1.27. The molecule has 1 saturated heterocycles. The van der Waals surface area contributed by atoms with Crippen molar-refractivity contribution >= 4 is 46.2 Å². The van der Waals surface area contributed by atoms with Crippen LogP contribution in [-0.4, -0.2) is 53.3 Å². The minimum Gasteiger partial charge on any atom is -0.487 e. The van der Waals surface area contributed by atoms with E-state index in [9.17, 15) is 4.39 Å². The number of hydrogen-bond donors (Lipinski definition) is 3. The molecule has 0 saturated carbocycles. The molecular weight excluding hydrogens is 509 g/mol. The van der Waals surface area contributed by atoms with Crippen LogP contribution < -0.4 is 15.5 Å². The first-order valence-electron chi connectivity index (χ1n) is 11.9. The van der Waals surface area contributed by atoms with Gasteiger partial charge in [-0.05, 0) is 53.6 Å². The topological polar surface area (TPSA) is 108 Å². The Morgan fingerprint density at radius 3 is 2.82 bits per heavy atom. The lowest BCUT2D eigenvalue weighted by Crippen LogP contribution is -2.45. The smallest absolute Gasteiger partial charge is 0.212 e. The molecule has 11 heteroatoms. The molecular formula is C27H25ClFN7O2. The fourth-order valence-electron chi connectivity index (χ4n) is 3.90. The second-order valence-corrected chi connectivity index (χ2v) is 8.91. The van der Waals surface area contributed by atoms with Gasteiger partial charge in [-0.3, -0.25) is 5.41 Å². The molecule has 0 atom stereocenters. The van der Waals surface area contributed by atoms with E-state index in [1.54, 1.807) is 30.5 Å². The summed E-state index contributed by atoms with van der Waals surface area (Å²) in [5.74, 6) is 1.01. The number of nitrogens with one attached hydrogen (secondary N) is 3. The summed E-state index contributed by atoms with van der Waals surface area (Å²) < 4.78 is 24.5. The molecule has 1 aliphatic heterocycles. The van der Waals surface area contributed by atoms with Crippen LogP contribution in [0.5, 0.6) is 5.75 Å². The van der Waals surface area contributed by atoms with Crippen molar-refractivity contribution in [3.8, 4) is 5.75 Å². The van der Waals surface area contributed by atoms with E-state index in [1.165, 1.54) is 18.5 Å². The molecule has 4 aromatic rings. The van der Waals surface area contributed by atoms with Crippen LogP contribution in [0.25, 0.3) is 10.9 Å². The number of hydrogen-bond acceptors (Lipinski definition) is 7. The molecule has 38 heavy (non-hydrogen) atoms. The molecule has 0 amide bonds. The van der Waals surface area contributed by atoms with Crippen LogP contribution in [0.3, 0.4) is 0 Å². The normalized spacial score (nSPS) is 13.6. The summed E-state index contributed by atoms with van der Waals surface area (Å²) in [4.78, 5) is 10.6. The monoisotopic (exact) mass is 533 g/mol. The van der Waals surface area contributed by atoms with E-state index in [1.807, 2.05) is 29.2 Å². The highest BCUT2D eigenvalue weighted by Gasteiger charge is 2.13. The molecule has 1 aliphatic rings. The van der Waals surface area contributed by atoms with Crippen molar-refractivity contribution in [2.45, 2.75) is 6.61 Å². The lowest BCUT2D eigenvalue weighted by atomic mass is 10.1. The zero-order valence-corrected chi connectivity index (χ0v) is 21.1. The van der Waals surface area contributed by atoms with Crippen molar-refractivity contribution in [1.29, 1.82) is 5.41 Å². The van der Waals surface area contributed by atoms with Gasteiger partial charge < -0.3 is 19.7 Å². The van der Waals surface area contributed by atoms with E-state index < -0.39 is 0 Å². The van der Waals surface area contributed by atoms with Gasteiger partial charge in [0.25, 0.3) is 0 Å². The highest BCUT2D eigenvalue weighted by molar-refractivity contribution is 6.32. The summed E-state index contributed by atoms with van der Waals surface area (Å²) in [6, 6.07) is 17.2. The average molecular weight is 534 g/mol. The molecule has 3 aromatic carbocycles. The summed E-state index contributed by atoms with van der Waals surface area (Å²) in [6.45, 7) is 2.72. The number of nitrogens with zero attached hydrogens (tertiary/aromatic N) is 4. The second-order valence-electron chi connectivity index (χ2n) is 8.51. The van der Waals surface area contributed by atoms with E-state index in [4.69, 9.17) is 26.5 Å². The lowest BCUT2D eigenvalue weighted by Gasteiger charge is -2.27. The predicted molar refractivity (Wildman–Crippen MR) is 146 cm³/mol. The Morgan fingerprint density at radius 2 is 2.00 bits per heavy atom. The van der Waals surface area contributed by atoms with E-state index in [-0.39, 0.29) is 18.4 Å². The molecule has 9 nitrogen and oxygen atoms in total. The first-order valence-corrected chi connectivity index (χ1v) is 12.3. The molecule has 1 aromatic heterocycles. The molecule has 0 radical (unpaired) electrons. The number of morpholine rings is 1. The van der Waals surface area contributed by atoms with Crippen LogP contribution in [0, 0.1) is 11.2 Å².